The van der Waals surface area contributed by atoms with Gasteiger partial charge in [-0.2, -0.15) is 5.10 Å². The van der Waals surface area contributed by atoms with E-state index in [2.05, 4.69) is 15.5 Å². The van der Waals surface area contributed by atoms with Crippen LogP contribution in [0.3, 0.4) is 0 Å². The summed E-state index contributed by atoms with van der Waals surface area (Å²) in [5.74, 6) is 0.317. The molecule has 1 fully saturated rings. The molecular formula is C13H22N4O3S. The van der Waals surface area contributed by atoms with E-state index in [4.69, 9.17) is 5.14 Å². The normalized spacial score (nSPS) is 15.1. The van der Waals surface area contributed by atoms with Gasteiger partial charge >= 0.3 is 0 Å². The number of nitrogens with zero attached hydrogens (tertiary/aromatic N) is 1. The van der Waals surface area contributed by atoms with Crippen molar-refractivity contribution in [2.75, 3.05) is 6.54 Å². The molecule has 0 atom stereocenters. The first-order valence-corrected chi connectivity index (χ1v) is 8.86. The third kappa shape index (κ3) is 4.28. The fourth-order valence-corrected chi connectivity index (χ4v) is 3.23. The Balaban J connectivity index is 2.04. The van der Waals surface area contributed by atoms with Gasteiger partial charge in [0.05, 0.1) is 5.69 Å². The fraction of sp³-hybridized carbons (Fsp3) is 0.692. The van der Waals surface area contributed by atoms with Crippen molar-refractivity contribution in [3.63, 3.8) is 0 Å². The number of nitrogens with two attached hydrogens (primary N) is 1. The Morgan fingerprint density at radius 3 is 2.76 bits per heavy atom. The van der Waals surface area contributed by atoms with Crippen molar-refractivity contribution in [2.45, 2.75) is 50.3 Å². The van der Waals surface area contributed by atoms with Crippen LogP contribution in [0, 0.1) is 5.92 Å². The molecule has 7 nitrogen and oxygen atoms in total. The Morgan fingerprint density at radius 1 is 1.48 bits per heavy atom. The molecule has 0 spiro atoms. The Bertz CT molecular complexity index is 605. The van der Waals surface area contributed by atoms with Gasteiger partial charge in [0.15, 0.2) is 5.69 Å². The number of carbonyl (C=O) groups excluding carboxylic acids is 1. The zero-order valence-corrected chi connectivity index (χ0v) is 13.0. The standard InChI is InChI=1S/C13H22N4O3S/c1-2-4-10-12(21(14,19)20)11(17-16-10)13(18)15-8-3-5-9-6-7-9/h9H,2-8H2,1H3,(H,15,18)(H,16,17)(H2,14,19,20). The molecule has 4 N–H and O–H groups in total. The van der Waals surface area contributed by atoms with Crippen molar-refractivity contribution in [1.82, 2.24) is 15.5 Å². The van der Waals surface area contributed by atoms with Gasteiger partial charge in [0.1, 0.15) is 4.90 Å². The van der Waals surface area contributed by atoms with Crippen LogP contribution in [0.1, 0.15) is 55.2 Å². The largest absolute Gasteiger partial charge is 0.351 e. The number of hydrogen-bond acceptors (Lipinski definition) is 4. The number of aromatic nitrogens is 2. The number of aryl methyl sites for hydroxylation is 1. The molecule has 21 heavy (non-hydrogen) atoms. The van der Waals surface area contributed by atoms with Gasteiger partial charge in [-0.15, -0.1) is 0 Å². The minimum atomic E-state index is -3.98. The number of primary sulfonamides is 1. The lowest BCUT2D eigenvalue weighted by molar-refractivity contribution is 0.0944. The molecule has 0 bridgehead atoms. The molecule has 1 aromatic heterocycles. The Hall–Kier alpha value is -1.41. The Kier molecular flexibility index (Phi) is 5.00. The second-order valence-corrected chi connectivity index (χ2v) is 7.01. The number of carbonyl (C=O) groups is 1. The van der Waals surface area contributed by atoms with E-state index in [1.54, 1.807) is 0 Å². The minimum absolute atomic E-state index is 0.132. The van der Waals surface area contributed by atoms with E-state index in [1.807, 2.05) is 6.92 Å². The molecule has 0 radical (unpaired) electrons. The first-order valence-electron chi connectivity index (χ1n) is 7.31. The fourth-order valence-electron chi connectivity index (χ4n) is 2.33. The molecule has 1 aliphatic carbocycles. The summed E-state index contributed by atoms with van der Waals surface area (Å²) in [5, 5.41) is 14.4. The van der Waals surface area contributed by atoms with Crippen LogP contribution in [-0.2, 0) is 16.4 Å². The zero-order valence-electron chi connectivity index (χ0n) is 12.2. The number of aromatic amines is 1. The highest BCUT2D eigenvalue weighted by Gasteiger charge is 2.27. The van der Waals surface area contributed by atoms with Crippen molar-refractivity contribution in [2.24, 2.45) is 11.1 Å². The highest BCUT2D eigenvalue weighted by atomic mass is 32.2. The smallest absolute Gasteiger partial charge is 0.273 e. The highest BCUT2D eigenvalue weighted by molar-refractivity contribution is 7.89. The number of hydrogen-bond donors (Lipinski definition) is 3. The lowest BCUT2D eigenvalue weighted by Gasteiger charge is -2.05. The van der Waals surface area contributed by atoms with Crippen LogP contribution < -0.4 is 10.5 Å². The molecule has 0 saturated heterocycles. The van der Waals surface area contributed by atoms with Crippen LogP contribution in [-0.4, -0.2) is 31.1 Å². The average molecular weight is 314 g/mol. The van der Waals surface area contributed by atoms with Crippen molar-refractivity contribution < 1.29 is 13.2 Å². The summed E-state index contributed by atoms with van der Waals surface area (Å²) >= 11 is 0. The maximum absolute atomic E-state index is 12.1. The maximum Gasteiger partial charge on any atom is 0.273 e. The van der Waals surface area contributed by atoms with Crippen molar-refractivity contribution in [3.05, 3.63) is 11.4 Å². The average Bonchev–Trinajstić information content (AvgIpc) is 3.12. The molecule has 1 saturated carbocycles. The quantitative estimate of drug-likeness (QED) is 0.618. The Morgan fingerprint density at radius 2 is 2.19 bits per heavy atom. The third-order valence-corrected chi connectivity index (χ3v) is 4.57. The van der Waals surface area contributed by atoms with Gasteiger partial charge in [-0.3, -0.25) is 9.89 Å². The first-order chi connectivity index (χ1) is 9.93. The summed E-state index contributed by atoms with van der Waals surface area (Å²) in [4.78, 5) is 11.9. The van der Waals surface area contributed by atoms with Crippen LogP contribution in [0.2, 0.25) is 0 Å². The summed E-state index contributed by atoms with van der Waals surface area (Å²) in [6.07, 6.45) is 5.77. The number of rotatable bonds is 8. The van der Waals surface area contributed by atoms with E-state index in [1.165, 1.54) is 12.8 Å². The van der Waals surface area contributed by atoms with Gasteiger partial charge < -0.3 is 5.32 Å². The minimum Gasteiger partial charge on any atom is -0.351 e. The molecule has 2 rings (SSSR count). The van der Waals surface area contributed by atoms with E-state index in [0.29, 0.717) is 18.7 Å². The second kappa shape index (κ2) is 6.57. The van der Waals surface area contributed by atoms with Gasteiger partial charge in [0, 0.05) is 6.54 Å². The molecule has 1 aliphatic rings. The summed E-state index contributed by atoms with van der Waals surface area (Å²) in [6, 6.07) is 0. The molecule has 1 heterocycles. The van der Waals surface area contributed by atoms with Crippen molar-refractivity contribution in [3.8, 4) is 0 Å². The number of H-pyrrole nitrogens is 1. The highest BCUT2D eigenvalue weighted by Crippen LogP contribution is 2.33. The number of sulfonamides is 1. The first kappa shape index (κ1) is 16.0. The van der Waals surface area contributed by atoms with Crippen LogP contribution in [0.25, 0.3) is 0 Å². The van der Waals surface area contributed by atoms with Gasteiger partial charge in [0.2, 0.25) is 10.0 Å². The number of amides is 1. The number of nitrogens with one attached hydrogen (secondary N) is 2. The molecular weight excluding hydrogens is 292 g/mol. The molecule has 118 valence electrons. The van der Waals surface area contributed by atoms with E-state index in [-0.39, 0.29) is 10.6 Å². The summed E-state index contributed by atoms with van der Waals surface area (Å²) < 4.78 is 23.4. The predicted octanol–water partition coefficient (Wildman–Crippen LogP) is 0.930. The Labute approximate surface area is 124 Å². The second-order valence-electron chi connectivity index (χ2n) is 5.52. The lowest BCUT2D eigenvalue weighted by Crippen LogP contribution is -2.27. The summed E-state index contributed by atoms with van der Waals surface area (Å²) in [6.45, 7) is 2.43. The van der Waals surface area contributed by atoms with Gasteiger partial charge in [-0.1, -0.05) is 26.2 Å². The van der Waals surface area contributed by atoms with Crippen molar-refractivity contribution >= 4 is 15.9 Å². The molecule has 0 aromatic carbocycles. The molecule has 0 aliphatic heterocycles. The maximum atomic E-state index is 12.1. The van der Waals surface area contributed by atoms with Gasteiger partial charge in [0.25, 0.3) is 5.91 Å². The molecule has 1 aromatic rings. The van der Waals surface area contributed by atoms with E-state index < -0.39 is 15.9 Å². The predicted molar refractivity (Wildman–Crippen MR) is 78.2 cm³/mol. The molecule has 8 heteroatoms. The third-order valence-electron chi connectivity index (χ3n) is 3.56. The molecule has 0 unspecified atom stereocenters. The van der Waals surface area contributed by atoms with E-state index >= 15 is 0 Å². The summed E-state index contributed by atoms with van der Waals surface area (Å²) in [7, 11) is -3.98. The van der Waals surface area contributed by atoms with Crippen LogP contribution in [0.5, 0.6) is 0 Å². The van der Waals surface area contributed by atoms with Gasteiger partial charge in [-0.25, -0.2) is 13.6 Å². The topological polar surface area (TPSA) is 118 Å². The van der Waals surface area contributed by atoms with E-state index in [9.17, 15) is 13.2 Å². The van der Waals surface area contributed by atoms with Crippen LogP contribution in [0.4, 0.5) is 0 Å². The van der Waals surface area contributed by atoms with Gasteiger partial charge in [-0.05, 0) is 25.2 Å². The monoisotopic (exact) mass is 314 g/mol. The summed E-state index contributed by atoms with van der Waals surface area (Å²) in [5.41, 5.74) is 0.260. The molecule has 1 amide bonds. The van der Waals surface area contributed by atoms with Crippen molar-refractivity contribution in [1.29, 1.82) is 0 Å². The zero-order chi connectivity index (χ0) is 15.5. The van der Waals surface area contributed by atoms with E-state index in [0.717, 1.165) is 25.2 Å². The lowest BCUT2D eigenvalue weighted by atomic mass is 10.2. The SMILES string of the molecule is CCCc1[nH]nc(C(=O)NCCCC2CC2)c1S(N)(=O)=O. The van der Waals surface area contributed by atoms with Crippen LogP contribution >= 0.6 is 0 Å². The van der Waals surface area contributed by atoms with Crippen LogP contribution in [0.15, 0.2) is 4.90 Å².